The van der Waals surface area contributed by atoms with E-state index in [1.165, 1.54) is 23.3 Å². The monoisotopic (exact) mass is 310 g/mol. The lowest BCUT2D eigenvalue weighted by Gasteiger charge is -2.26. The molecule has 1 saturated heterocycles. The van der Waals surface area contributed by atoms with Crippen molar-refractivity contribution in [3.05, 3.63) is 66.0 Å². The van der Waals surface area contributed by atoms with Crippen LogP contribution in [0.1, 0.15) is 12.5 Å². The summed E-state index contributed by atoms with van der Waals surface area (Å²) in [5.74, 6) is -0.197. The topological polar surface area (TPSA) is 15.3 Å². The van der Waals surface area contributed by atoms with E-state index in [0.29, 0.717) is 0 Å². The van der Waals surface area contributed by atoms with Crippen LogP contribution in [-0.2, 0) is 0 Å². The first-order valence-corrected chi connectivity index (χ1v) is 8.18. The number of piperazine rings is 1. The van der Waals surface area contributed by atoms with Gasteiger partial charge in [-0.25, -0.2) is 4.39 Å². The van der Waals surface area contributed by atoms with E-state index in [4.69, 9.17) is 0 Å². The lowest BCUT2D eigenvalue weighted by molar-refractivity contribution is 0.265. The van der Waals surface area contributed by atoms with E-state index in [2.05, 4.69) is 47.5 Å². The molecule has 2 aromatic rings. The molecule has 0 aliphatic carbocycles. The molecule has 2 nitrogen and oxygen atoms in total. The molecule has 1 aliphatic heterocycles. The predicted octanol–water partition coefficient (Wildman–Crippen LogP) is 3.80. The number of nitrogens with zero attached hydrogens (tertiary/aromatic N) is 1. The van der Waals surface area contributed by atoms with E-state index >= 15 is 0 Å². The van der Waals surface area contributed by atoms with Crippen LogP contribution < -0.4 is 5.32 Å². The fourth-order valence-electron chi connectivity index (χ4n) is 2.85. The molecule has 0 radical (unpaired) electrons. The van der Waals surface area contributed by atoms with Crippen LogP contribution in [0.3, 0.4) is 0 Å². The number of hydrogen-bond donors (Lipinski definition) is 1. The second-order valence-electron chi connectivity index (χ2n) is 6.02. The van der Waals surface area contributed by atoms with Crippen LogP contribution in [0.5, 0.6) is 0 Å². The third-order valence-corrected chi connectivity index (χ3v) is 4.38. The van der Waals surface area contributed by atoms with E-state index in [0.717, 1.165) is 43.9 Å². The number of hydrogen-bond acceptors (Lipinski definition) is 2. The van der Waals surface area contributed by atoms with Crippen LogP contribution >= 0.6 is 0 Å². The quantitative estimate of drug-likeness (QED) is 0.924. The van der Waals surface area contributed by atoms with Gasteiger partial charge in [-0.3, -0.25) is 4.90 Å². The van der Waals surface area contributed by atoms with Crippen LogP contribution in [-0.4, -0.2) is 37.6 Å². The van der Waals surface area contributed by atoms with Crippen molar-refractivity contribution in [1.29, 1.82) is 0 Å². The maximum absolute atomic E-state index is 13.0. The molecule has 0 bridgehead atoms. The molecule has 1 heterocycles. The van der Waals surface area contributed by atoms with Gasteiger partial charge in [0.2, 0.25) is 0 Å². The van der Waals surface area contributed by atoms with Gasteiger partial charge in [0.25, 0.3) is 0 Å². The summed E-state index contributed by atoms with van der Waals surface area (Å²) in [5.41, 5.74) is 4.70. The highest BCUT2D eigenvalue weighted by molar-refractivity contribution is 5.69. The lowest BCUT2D eigenvalue weighted by atomic mass is 10.0. The number of nitrogens with one attached hydrogen (secondary N) is 1. The Balaban J connectivity index is 1.67. The summed E-state index contributed by atoms with van der Waals surface area (Å²) in [6, 6.07) is 15.1. The van der Waals surface area contributed by atoms with E-state index in [9.17, 15) is 4.39 Å². The molecule has 120 valence electrons. The minimum Gasteiger partial charge on any atom is -0.314 e. The standard InChI is InChI=1S/C20H23FN2/c1-16(10-13-23-14-11-22-12-15-23)17-2-4-18(5-3-17)19-6-8-20(21)9-7-19/h2-10,22H,11-15H2,1H3/b16-10-. The maximum Gasteiger partial charge on any atom is 0.123 e. The van der Waals surface area contributed by atoms with Gasteiger partial charge in [0, 0.05) is 32.7 Å². The first kappa shape index (κ1) is 15.9. The Morgan fingerprint density at radius 3 is 2.17 bits per heavy atom. The van der Waals surface area contributed by atoms with E-state index in [1.54, 1.807) is 0 Å². The van der Waals surface area contributed by atoms with Crippen molar-refractivity contribution >= 4 is 5.57 Å². The molecule has 0 saturated carbocycles. The van der Waals surface area contributed by atoms with E-state index < -0.39 is 0 Å². The minimum absolute atomic E-state index is 0.197. The SMILES string of the molecule is C/C(=C/CN1CCNCC1)c1ccc(-c2ccc(F)cc2)cc1. The van der Waals surface area contributed by atoms with Crippen molar-refractivity contribution in [3.8, 4) is 11.1 Å². The van der Waals surface area contributed by atoms with Crippen LogP contribution in [0.4, 0.5) is 4.39 Å². The van der Waals surface area contributed by atoms with Crippen LogP contribution in [0, 0.1) is 5.82 Å². The Kier molecular flexibility index (Phi) is 5.21. The van der Waals surface area contributed by atoms with Gasteiger partial charge in [0.15, 0.2) is 0 Å². The minimum atomic E-state index is -0.197. The summed E-state index contributed by atoms with van der Waals surface area (Å²) in [7, 11) is 0. The fourth-order valence-corrected chi connectivity index (χ4v) is 2.85. The van der Waals surface area contributed by atoms with E-state index in [-0.39, 0.29) is 5.82 Å². The van der Waals surface area contributed by atoms with Gasteiger partial charge < -0.3 is 5.32 Å². The highest BCUT2D eigenvalue weighted by Crippen LogP contribution is 2.22. The molecule has 0 atom stereocenters. The number of allylic oxidation sites excluding steroid dienone is 1. The molecule has 2 aromatic carbocycles. The summed E-state index contributed by atoms with van der Waals surface area (Å²) >= 11 is 0. The molecule has 1 aliphatic rings. The maximum atomic E-state index is 13.0. The predicted molar refractivity (Wildman–Crippen MR) is 94.8 cm³/mol. The summed E-state index contributed by atoms with van der Waals surface area (Å²) in [5, 5.41) is 3.37. The smallest absolute Gasteiger partial charge is 0.123 e. The van der Waals surface area contributed by atoms with Gasteiger partial charge in [-0.05, 0) is 41.3 Å². The molecule has 0 aromatic heterocycles. The Morgan fingerprint density at radius 1 is 1.00 bits per heavy atom. The van der Waals surface area contributed by atoms with Gasteiger partial charge in [-0.1, -0.05) is 42.5 Å². The second-order valence-corrected chi connectivity index (χ2v) is 6.02. The molecule has 0 amide bonds. The van der Waals surface area contributed by atoms with Crippen LogP contribution in [0.2, 0.25) is 0 Å². The summed E-state index contributed by atoms with van der Waals surface area (Å²) in [4.78, 5) is 2.47. The van der Waals surface area contributed by atoms with Gasteiger partial charge in [-0.15, -0.1) is 0 Å². The number of halogens is 1. The summed E-state index contributed by atoms with van der Waals surface area (Å²) in [6.07, 6.45) is 2.30. The number of benzene rings is 2. The normalized spacial score (nSPS) is 16.5. The molecule has 1 N–H and O–H groups in total. The molecular weight excluding hydrogens is 287 g/mol. The van der Waals surface area contributed by atoms with Crippen molar-refractivity contribution in [2.75, 3.05) is 32.7 Å². The molecule has 23 heavy (non-hydrogen) atoms. The fraction of sp³-hybridized carbons (Fsp3) is 0.300. The van der Waals surface area contributed by atoms with Gasteiger partial charge in [-0.2, -0.15) is 0 Å². The molecule has 3 rings (SSSR count). The highest BCUT2D eigenvalue weighted by Gasteiger charge is 2.07. The Labute approximate surface area is 137 Å². The molecular formula is C20H23FN2. The number of rotatable bonds is 4. The van der Waals surface area contributed by atoms with Gasteiger partial charge >= 0.3 is 0 Å². The van der Waals surface area contributed by atoms with Crippen molar-refractivity contribution < 1.29 is 4.39 Å². The Bertz CT molecular complexity index is 653. The molecule has 0 spiro atoms. The zero-order chi connectivity index (χ0) is 16.1. The molecule has 3 heteroatoms. The second kappa shape index (κ2) is 7.53. The van der Waals surface area contributed by atoms with Gasteiger partial charge in [0.05, 0.1) is 0 Å². The largest absolute Gasteiger partial charge is 0.314 e. The van der Waals surface area contributed by atoms with Crippen molar-refractivity contribution in [2.45, 2.75) is 6.92 Å². The van der Waals surface area contributed by atoms with Crippen molar-refractivity contribution in [1.82, 2.24) is 10.2 Å². The average Bonchev–Trinajstić information content (AvgIpc) is 2.61. The average molecular weight is 310 g/mol. The third kappa shape index (κ3) is 4.27. The summed E-state index contributed by atoms with van der Waals surface area (Å²) < 4.78 is 13.0. The Morgan fingerprint density at radius 2 is 1.57 bits per heavy atom. The zero-order valence-corrected chi connectivity index (χ0v) is 13.6. The van der Waals surface area contributed by atoms with Crippen molar-refractivity contribution in [2.24, 2.45) is 0 Å². The Hall–Kier alpha value is -1.97. The van der Waals surface area contributed by atoms with Crippen LogP contribution in [0.15, 0.2) is 54.6 Å². The molecule has 1 fully saturated rings. The highest BCUT2D eigenvalue weighted by atomic mass is 19.1. The summed E-state index contributed by atoms with van der Waals surface area (Å²) in [6.45, 7) is 7.57. The first-order chi connectivity index (χ1) is 11.2. The third-order valence-electron chi connectivity index (χ3n) is 4.38. The molecule has 0 unspecified atom stereocenters. The lowest BCUT2D eigenvalue weighted by Crippen LogP contribution is -2.43. The van der Waals surface area contributed by atoms with Crippen LogP contribution in [0.25, 0.3) is 16.7 Å². The first-order valence-electron chi connectivity index (χ1n) is 8.18. The van der Waals surface area contributed by atoms with Gasteiger partial charge in [0.1, 0.15) is 5.82 Å². The van der Waals surface area contributed by atoms with E-state index in [1.807, 2.05) is 12.1 Å². The zero-order valence-electron chi connectivity index (χ0n) is 13.6. The van der Waals surface area contributed by atoms with Crippen molar-refractivity contribution in [3.63, 3.8) is 0 Å².